The van der Waals surface area contributed by atoms with Crippen LogP contribution in [0.3, 0.4) is 0 Å². The van der Waals surface area contributed by atoms with E-state index in [4.69, 9.17) is 16.0 Å². The second-order valence-electron chi connectivity index (χ2n) is 5.21. The van der Waals surface area contributed by atoms with Gasteiger partial charge in [-0.3, -0.25) is 4.98 Å². The molecular weight excluding hydrogens is 364 g/mol. The van der Waals surface area contributed by atoms with E-state index in [9.17, 15) is 8.42 Å². The van der Waals surface area contributed by atoms with Crippen molar-refractivity contribution in [2.75, 3.05) is 6.54 Å². The summed E-state index contributed by atoms with van der Waals surface area (Å²) in [6.45, 7) is 0.149. The molecule has 0 atom stereocenters. The SMILES string of the molecule is O=S(=O)(Cc1ccccc1Cl)NCCc1nnc(-c2ccccn2)o1. The molecule has 2 aromatic heterocycles. The largest absolute Gasteiger partial charge is 0.419 e. The molecule has 1 N–H and O–H groups in total. The van der Waals surface area contributed by atoms with Crippen molar-refractivity contribution >= 4 is 21.6 Å². The Morgan fingerprint density at radius 1 is 1.08 bits per heavy atom. The normalized spacial score (nSPS) is 11.6. The number of halogens is 1. The van der Waals surface area contributed by atoms with Crippen LogP contribution in [0.5, 0.6) is 0 Å². The van der Waals surface area contributed by atoms with Crippen LogP contribution < -0.4 is 4.72 Å². The van der Waals surface area contributed by atoms with E-state index in [0.29, 0.717) is 28.1 Å². The maximum atomic E-state index is 12.1. The molecule has 7 nitrogen and oxygen atoms in total. The quantitative estimate of drug-likeness (QED) is 0.678. The minimum Gasteiger partial charge on any atom is -0.419 e. The molecule has 0 saturated heterocycles. The summed E-state index contributed by atoms with van der Waals surface area (Å²) in [5.74, 6) is 0.450. The minimum atomic E-state index is -3.51. The third-order valence-electron chi connectivity index (χ3n) is 3.32. The van der Waals surface area contributed by atoms with E-state index in [-0.39, 0.29) is 18.7 Å². The van der Waals surface area contributed by atoms with Gasteiger partial charge in [-0.15, -0.1) is 10.2 Å². The minimum absolute atomic E-state index is 0.149. The maximum Gasteiger partial charge on any atom is 0.266 e. The Labute approximate surface area is 150 Å². The van der Waals surface area contributed by atoms with E-state index in [1.165, 1.54) is 0 Å². The molecule has 0 bridgehead atoms. The average molecular weight is 379 g/mol. The van der Waals surface area contributed by atoms with Gasteiger partial charge in [0.1, 0.15) is 5.69 Å². The third-order valence-corrected chi connectivity index (χ3v) is 5.02. The number of rotatable bonds is 7. The van der Waals surface area contributed by atoms with Crippen LogP contribution in [-0.2, 0) is 22.2 Å². The molecule has 3 rings (SSSR count). The van der Waals surface area contributed by atoms with Gasteiger partial charge in [-0.25, -0.2) is 13.1 Å². The Kier molecular flexibility index (Phi) is 5.42. The fourth-order valence-electron chi connectivity index (χ4n) is 2.13. The Morgan fingerprint density at radius 2 is 1.88 bits per heavy atom. The zero-order valence-corrected chi connectivity index (χ0v) is 14.7. The number of aromatic nitrogens is 3. The van der Waals surface area contributed by atoms with Crippen molar-refractivity contribution in [2.45, 2.75) is 12.2 Å². The molecule has 1 aromatic carbocycles. The lowest BCUT2D eigenvalue weighted by molar-refractivity contribution is 0.500. The summed E-state index contributed by atoms with van der Waals surface area (Å²) in [5, 5.41) is 8.23. The summed E-state index contributed by atoms with van der Waals surface area (Å²) in [7, 11) is -3.51. The van der Waals surface area contributed by atoms with E-state index in [2.05, 4.69) is 19.9 Å². The van der Waals surface area contributed by atoms with E-state index in [1.807, 2.05) is 6.07 Å². The van der Waals surface area contributed by atoms with Gasteiger partial charge in [0, 0.05) is 24.2 Å². The van der Waals surface area contributed by atoms with Gasteiger partial charge in [0.05, 0.1) is 5.75 Å². The fraction of sp³-hybridized carbons (Fsp3) is 0.188. The van der Waals surface area contributed by atoms with Gasteiger partial charge < -0.3 is 4.42 Å². The Balaban J connectivity index is 1.56. The Morgan fingerprint density at radius 3 is 2.64 bits per heavy atom. The van der Waals surface area contributed by atoms with Crippen molar-refractivity contribution in [3.63, 3.8) is 0 Å². The van der Waals surface area contributed by atoms with Crippen molar-refractivity contribution < 1.29 is 12.8 Å². The summed E-state index contributed by atoms with van der Waals surface area (Å²) in [6, 6.07) is 12.2. The second kappa shape index (κ2) is 7.73. The molecule has 0 saturated carbocycles. The van der Waals surface area contributed by atoms with Gasteiger partial charge in [-0.2, -0.15) is 0 Å². The van der Waals surface area contributed by atoms with Crippen LogP contribution >= 0.6 is 11.6 Å². The van der Waals surface area contributed by atoms with Gasteiger partial charge >= 0.3 is 0 Å². The van der Waals surface area contributed by atoms with E-state index >= 15 is 0 Å². The zero-order chi connectivity index (χ0) is 17.7. The lowest BCUT2D eigenvalue weighted by atomic mass is 10.2. The second-order valence-corrected chi connectivity index (χ2v) is 7.42. The highest BCUT2D eigenvalue weighted by atomic mass is 35.5. The number of hydrogen-bond acceptors (Lipinski definition) is 6. The highest BCUT2D eigenvalue weighted by Crippen LogP contribution is 2.17. The van der Waals surface area contributed by atoms with Crippen LogP contribution in [0.1, 0.15) is 11.5 Å². The van der Waals surface area contributed by atoms with Gasteiger partial charge in [-0.1, -0.05) is 35.9 Å². The Hall–Kier alpha value is -2.29. The van der Waals surface area contributed by atoms with Crippen molar-refractivity contribution in [3.8, 4) is 11.6 Å². The highest BCUT2D eigenvalue weighted by Gasteiger charge is 2.14. The summed E-state index contributed by atoms with van der Waals surface area (Å²) >= 11 is 5.99. The fourth-order valence-corrected chi connectivity index (χ4v) is 3.59. The molecule has 2 heterocycles. The smallest absolute Gasteiger partial charge is 0.266 e. The molecule has 0 unspecified atom stereocenters. The number of pyridine rings is 1. The molecule has 0 fully saturated rings. The topological polar surface area (TPSA) is 98.0 Å². The van der Waals surface area contributed by atoms with Crippen LogP contribution in [0.4, 0.5) is 0 Å². The molecule has 3 aromatic rings. The molecule has 0 amide bonds. The Bertz CT molecular complexity index is 945. The van der Waals surface area contributed by atoms with Crippen LogP contribution in [0.25, 0.3) is 11.6 Å². The van der Waals surface area contributed by atoms with Gasteiger partial charge in [-0.05, 0) is 23.8 Å². The number of nitrogens with zero attached hydrogens (tertiary/aromatic N) is 3. The summed E-state index contributed by atoms with van der Waals surface area (Å²) < 4.78 is 32.2. The standard InChI is InChI=1S/C16H15ClN4O3S/c17-13-6-2-1-5-12(13)11-25(22,23)19-10-8-15-20-21-16(24-15)14-7-3-4-9-18-14/h1-7,9,19H,8,10-11H2. The number of sulfonamides is 1. The molecule has 0 aliphatic carbocycles. The van der Waals surface area contributed by atoms with Crippen LogP contribution in [-0.4, -0.2) is 30.1 Å². The maximum absolute atomic E-state index is 12.1. The monoisotopic (exact) mass is 378 g/mol. The lowest BCUT2D eigenvalue weighted by Crippen LogP contribution is -2.27. The van der Waals surface area contributed by atoms with E-state index in [1.54, 1.807) is 42.6 Å². The first-order chi connectivity index (χ1) is 12.0. The first-order valence-electron chi connectivity index (χ1n) is 7.48. The predicted octanol–water partition coefficient (Wildman–Crippen LogP) is 2.45. The summed E-state index contributed by atoms with van der Waals surface area (Å²) in [5.41, 5.74) is 1.12. The summed E-state index contributed by atoms with van der Waals surface area (Å²) in [4.78, 5) is 4.12. The predicted molar refractivity (Wildman–Crippen MR) is 93.3 cm³/mol. The molecule has 25 heavy (non-hydrogen) atoms. The van der Waals surface area contributed by atoms with Gasteiger partial charge in [0.15, 0.2) is 0 Å². The number of hydrogen-bond donors (Lipinski definition) is 1. The third kappa shape index (κ3) is 4.85. The van der Waals surface area contributed by atoms with E-state index < -0.39 is 10.0 Å². The number of nitrogens with one attached hydrogen (secondary N) is 1. The van der Waals surface area contributed by atoms with Crippen molar-refractivity contribution in [3.05, 3.63) is 65.1 Å². The first-order valence-corrected chi connectivity index (χ1v) is 9.51. The number of benzene rings is 1. The molecule has 0 spiro atoms. The van der Waals surface area contributed by atoms with Crippen molar-refractivity contribution in [2.24, 2.45) is 0 Å². The zero-order valence-electron chi connectivity index (χ0n) is 13.1. The molecule has 0 aliphatic rings. The van der Waals surface area contributed by atoms with E-state index in [0.717, 1.165) is 0 Å². The molecule has 130 valence electrons. The first kappa shape index (κ1) is 17.5. The van der Waals surface area contributed by atoms with Crippen LogP contribution in [0, 0.1) is 0 Å². The summed E-state index contributed by atoms with van der Waals surface area (Å²) in [6.07, 6.45) is 1.91. The van der Waals surface area contributed by atoms with Gasteiger partial charge in [0.25, 0.3) is 5.89 Å². The van der Waals surface area contributed by atoms with Crippen LogP contribution in [0.2, 0.25) is 5.02 Å². The van der Waals surface area contributed by atoms with Crippen molar-refractivity contribution in [1.82, 2.24) is 19.9 Å². The molecule has 0 radical (unpaired) electrons. The molecule has 9 heteroatoms. The lowest BCUT2D eigenvalue weighted by Gasteiger charge is -2.07. The average Bonchev–Trinajstić information content (AvgIpc) is 3.06. The molecule has 0 aliphatic heterocycles. The van der Waals surface area contributed by atoms with Gasteiger partial charge in [0.2, 0.25) is 15.9 Å². The van der Waals surface area contributed by atoms with Crippen LogP contribution in [0.15, 0.2) is 53.1 Å². The highest BCUT2D eigenvalue weighted by molar-refractivity contribution is 7.88. The van der Waals surface area contributed by atoms with Crippen molar-refractivity contribution in [1.29, 1.82) is 0 Å². The molecular formula is C16H15ClN4O3S.